The highest BCUT2D eigenvalue weighted by Gasteiger charge is 2.42. The van der Waals surface area contributed by atoms with E-state index in [9.17, 15) is 14.4 Å². The van der Waals surface area contributed by atoms with E-state index >= 15 is 0 Å². The van der Waals surface area contributed by atoms with Gasteiger partial charge in [-0.3, -0.25) is 19.1 Å². The summed E-state index contributed by atoms with van der Waals surface area (Å²) in [6.45, 7) is 8.11. The Hall–Kier alpha value is -2.38. The molecule has 160 valence electrons. The van der Waals surface area contributed by atoms with Crippen molar-refractivity contribution in [1.82, 2.24) is 14.7 Å². The zero-order chi connectivity index (χ0) is 21.3. The first kappa shape index (κ1) is 21.3. The van der Waals surface area contributed by atoms with Crippen LogP contribution in [0.3, 0.4) is 0 Å². The molecule has 1 saturated heterocycles. The van der Waals surface area contributed by atoms with Gasteiger partial charge in [-0.05, 0) is 32.1 Å². The number of carbonyl (C=O) groups excluding carboxylic acids is 3. The normalized spacial score (nSPS) is 27.2. The quantitative estimate of drug-likeness (QED) is 0.760. The summed E-state index contributed by atoms with van der Waals surface area (Å²) in [4.78, 5) is 39.1. The maximum absolute atomic E-state index is 12.5. The average molecular weight is 405 g/mol. The summed E-state index contributed by atoms with van der Waals surface area (Å²) in [6, 6.07) is 0.198. The monoisotopic (exact) mass is 404 g/mol. The second-order valence-corrected chi connectivity index (χ2v) is 8.61. The summed E-state index contributed by atoms with van der Waals surface area (Å²) in [7, 11) is 1.80. The van der Waals surface area contributed by atoms with Crippen LogP contribution in [-0.4, -0.2) is 51.7 Å². The highest BCUT2D eigenvalue weighted by atomic mass is 16.5. The standard InChI is InChI=1S/C21H32N4O4/c1-12-7-6-8-17(13(12)2)25-10-16(9-19(25)27)21(28)29-11-18(26)22-20-14(3)23-24(5)15(20)4/h12-13,16-17H,6-11H2,1-5H3,(H,22,26)/t12-,13-,16+,17+/m0/s1. The first-order valence-corrected chi connectivity index (χ1v) is 10.4. The molecule has 0 unspecified atom stereocenters. The van der Waals surface area contributed by atoms with Crippen molar-refractivity contribution in [3.05, 3.63) is 11.4 Å². The lowest BCUT2D eigenvalue weighted by Gasteiger charge is -2.39. The molecule has 0 bridgehead atoms. The first-order chi connectivity index (χ1) is 13.7. The molecule has 8 heteroatoms. The van der Waals surface area contributed by atoms with Crippen molar-refractivity contribution >= 4 is 23.5 Å². The summed E-state index contributed by atoms with van der Waals surface area (Å²) >= 11 is 0. The Morgan fingerprint density at radius 3 is 2.62 bits per heavy atom. The van der Waals surface area contributed by atoms with E-state index in [-0.39, 0.29) is 25.0 Å². The Balaban J connectivity index is 1.52. The number of aromatic nitrogens is 2. The van der Waals surface area contributed by atoms with Gasteiger partial charge in [-0.1, -0.05) is 26.7 Å². The minimum atomic E-state index is -0.499. The van der Waals surface area contributed by atoms with Gasteiger partial charge in [0.15, 0.2) is 6.61 Å². The van der Waals surface area contributed by atoms with Crippen molar-refractivity contribution in [2.45, 2.75) is 59.4 Å². The van der Waals surface area contributed by atoms with Crippen LogP contribution in [0.15, 0.2) is 0 Å². The fraction of sp³-hybridized carbons (Fsp3) is 0.714. The molecule has 1 aliphatic carbocycles. The number of hydrogen-bond donors (Lipinski definition) is 1. The summed E-state index contributed by atoms with van der Waals surface area (Å²) < 4.78 is 6.90. The van der Waals surface area contributed by atoms with Gasteiger partial charge in [-0.15, -0.1) is 0 Å². The van der Waals surface area contributed by atoms with Gasteiger partial charge in [0.2, 0.25) is 5.91 Å². The van der Waals surface area contributed by atoms with Crippen LogP contribution >= 0.6 is 0 Å². The Kier molecular flexibility index (Phi) is 6.29. The number of esters is 1. The topological polar surface area (TPSA) is 93.5 Å². The summed E-state index contributed by atoms with van der Waals surface area (Å²) in [5, 5.41) is 6.99. The van der Waals surface area contributed by atoms with Crippen molar-refractivity contribution in [1.29, 1.82) is 0 Å². The summed E-state index contributed by atoms with van der Waals surface area (Å²) in [5.74, 6) is -0.360. The zero-order valence-corrected chi connectivity index (χ0v) is 18.0. The lowest BCUT2D eigenvalue weighted by molar-refractivity contribution is -0.151. The summed E-state index contributed by atoms with van der Waals surface area (Å²) in [5.41, 5.74) is 2.17. The number of ether oxygens (including phenoxy) is 1. The Labute approximate surface area is 172 Å². The van der Waals surface area contributed by atoms with E-state index in [1.165, 1.54) is 6.42 Å². The number of amides is 2. The third kappa shape index (κ3) is 4.46. The van der Waals surface area contributed by atoms with Crippen LogP contribution in [0, 0.1) is 31.6 Å². The van der Waals surface area contributed by atoms with E-state index in [1.54, 1.807) is 18.7 Å². The number of nitrogens with zero attached hydrogens (tertiary/aromatic N) is 3. The van der Waals surface area contributed by atoms with Crippen LogP contribution in [-0.2, 0) is 26.2 Å². The minimum absolute atomic E-state index is 0.0176. The van der Waals surface area contributed by atoms with Gasteiger partial charge < -0.3 is 15.0 Å². The molecule has 1 aromatic rings. The fourth-order valence-electron chi connectivity index (χ4n) is 4.59. The predicted molar refractivity (Wildman–Crippen MR) is 108 cm³/mol. The lowest BCUT2D eigenvalue weighted by Crippen LogP contribution is -2.45. The number of rotatable bonds is 5. The maximum Gasteiger partial charge on any atom is 0.311 e. The van der Waals surface area contributed by atoms with E-state index in [0.717, 1.165) is 18.5 Å². The SMILES string of the molecule is Cc1nn(C)c(C)c1NC(=O)COC(=O)[C@@H]1CC(=O)N([C@@H]2CCC[C@H](C)[C@@H]2C)C1. The highest BCUT2D eigenvalue weighted by Crippen LogP contribution is 2.35. The molecule has 29 heavy (non-hydrogen) atoms. The highest BCUT2D eigenvalue weighted by molar-refractivity contribution is 5.94. The molecule has 0 spiro atoms. The van der Waals surface area contributed by atoms with Crippen molar-refractivity contribution in [2.75, 3.05) is 18.5 Å². The molecule has 1 aromatic heterocycles. The Morgan fingerprint density at radius 2 is 1.97 bits per heavy atom. The molecule has 0 radical (unpaired) electrons. The molecule has 2 aliphatic rings. The zero-order valence-electron chi connectivity index (χ0n) is 18.0. The van der Waals surface area contributed by atoms with Crippen LogP contribution in [0.1, 0.15) is 50.9 Å². The van der Waals surface area contributed by atoms with Gasteiger partial charge in [0.05, 0.1) is 23.0 Å². The number of likely N-dealkylation sites (tertiary alicyclic amines) is 1. The third-order valence-electron chi connectivity index (χ3n) is 6.67. The second-order valence-electron chi connectivity index (χ2n) is 8.61. The molecule has 0 aromatic carbocycles. The third-order valence-corrected chi connectivity index (χ3v) is 6.67. The summed E-state index contributed by atoms with van der Waals surface area (Å²) in [6.07, 6.45) is 3.46. The van der Waals surface area contributed by atoms with Crippen molar-refractivity contribution in [3.8, 4) is 0 Å². The molecule has 1 saturated carbocycles. The van der Waals surface area contributed by atoms with E-state index in [4.69, 9.17) is 4.74 Å². The van der Waals surface area contributed by atoms with E-state index in [1.807, 2.05) is 11.8 Å². The average Bonchev–Trinajstić information content (AvgIpc) is 3.17. The molecule has 8 nitrogen and oxygen atoms in total. The van der Waals surface area contributed by atoms with Crippen molar-refractivity contribution in [2.24, 2.45) is 24.8 Å². The van der Waals surface area contributed by atoms with E-state index in [2.05, 4.69) is 24.3 Å². The number of aryl methyl sites for hydroxylation is 2. The largest absolute Gasteiger partial charge is 0.455 e. The van der Waals surface area contributed by atoms with E-state index < -0.39 is 17.8 Å². The molecular formula is C21H32N4O4. The number of carbonyl (C=O) groups is 3. The van der Waals surface area contributed by atoms with Gasteiger partial charge in [0.1, 0.15) is 0 Å². The van der Waals surface area contributed by atoms with Gasteiger partial charge >= 0.3 is 5.97 Å². The van der Waals surface area contributed by atoms with Gasteiger partial charge in [0.25, 0.3) is 5.91 Å². The number of anilines is 1. The molecule has 2 fully saturated rings. The smallest absolute Gasteiger partial charge is 0.311 e. The molecule has 1 N–H and O–H groups in total. The van der Waals surface area contributed by atoms with Crippen LogP contribution in [0.5, 0.6) is 0 Å². The minimum Gasteiger partial charge on any atom is -0.455 e. The molecule has 2 heterocycles. The van der Waals surface area contributed by atoms with Gasteiger partial charge in [-0.25, -0.2) is 0 Å². The van der Waals surface area contributed by atoms with Gasteiger partial charge in [-0.2, -0.15) is 5.10 Å². The lowest BCUT2D eigenvalue weighted by atomic mass is 9.77. The van der Waals surface area contributed by atoms with E-state index in [0.29, 0.717) is 29.8 Å². The fourth-order valence-corrected chi connectivity index (χ4v) is 4.59. The van der Waals surface area contributed by atoms with Crippen LogP contribution in [0.25, 0.3) is 0 Å². The Morgan fingerprint density at radius 1 is 1.24 bits per heavy atom. The first-order valence-electron chi connectivity index (χ1n) is 10.4. The van der Waals surface area contributed by atoms with Gasteiger partial charge in [0, 0.05) is 26.1 Å². The van der Waals surface area contributed by atoms with Crippen LogP contribution in [0.4, 0.5) is 5.69 Å². The molecular weight excluding hydrogens is 372 g/mol. The number of nitrogens with one attached hydrogen (secondary N) is 1. The molecule has 3 rings (SSSR count). The van der Waals surface area contributed by atoms with Crippen LogP contribution < -0.4 is 5.32 Å². The number of hydrogen-bond acceptors (Lipinski definition) is 5. The predicted octanol–water partition coefficient (Wildman–Crippen LogP) is 2.19. The Bertz CT molecular complexity index is 803. The molecule has 4 atom stereocenters. The second kappa shape index (κ2) is 8.55. The molecule has 2 amide bonds. The van der Waals surface area contributed by atoms with Crippen LogP contribution in [0.2, 0.25) is 0 Å². The maximum atomic E-state index is 12.5. The van der Waals surface area contributed by atoms with Crippen molar-refractivity contribution in [3.63, 3.8) is 0 Å². The molecule has 1 aliphatic heterocycles. The van der Waals surface area contributed by atoms with Crippen molar-refractivity contribution < 1.29 is 19.1 Å².